The van der Waals surface area contributed by atoms with E-state index in [1.54, 1.807) is 42.0 Å². The van der Waals surface area contributed by atoms with E-state index in [2.05, 4.69) is 6.07 Å². The van der Waals surface area contributed by atoms with Crippen LogP contribution in [0.2, 0.25) is 5.02 Å². The minimum absolute atomic E-state index is 0.397. The Morgan fingerprint density at radius 3 is 2.52 bits per heavy atom. The van der Waals surface area contributed by atoms with Crippen molar-refractivity contribution in [1.29, 1.82) is 5.26 Å². The van der Waals surface area contributed by atoms with Gasteiger partial charge in [-0.3, -0.25) is 4.57 Å². The van der Waals surface area contributed by atoms with Crippen LogP contribution in [0.25, 0.3) is 0 Å². The minimum atomic E-state index is 0.397. The topological polar surface area (TPSA) is 73.2 Å². The first-order chi connectivity index (χ1) is 12.1. The lowest BCUT2D eigenvalue weighted by molar-refractivity contribution is 0.403. The molecule has 2 aromatic carbocycles. The molecular weight excluding hydrogens is 338 g/mol. The van der Waals surface area contributed by atoms with Crippen LogP contribution in [0.3, 0.4) is 0 Å². The molecule has 0 aliphatic rings. The van der Waals surface area contributed by atoms with Crippen molar-refractivity contribution in [2.45, 2.75) is 6.54 Å². The van der Waals surface area contributed by atoms with Gasteiger partial charge in [0, 0.05) is 17.2 Å². The first kappa shape index (κ1) is 16.7. The number of benzene rings is 2. The average molecular weight is 354 g/mol. The van der Waals surface area contributed by atoms with Crippen molar-refractivity contribution in [3.05, 3.63) is 70.9 Å². The van der Waals surface area contributed by atoms with Crippen molar-refractivity contribution >= 4 is 17.3 Å². The first-order valence-corrected chi connectivity index (χ1v) is 7.94. The molecule has 3 aromatic rings. The summed E-state index contributed by atoms with van der Waals surface area (Å²) in [7, 11) is 1.59. The summed E-state index contributed by atoms with van der Waals surface area (Å²) in [5.41, 5.74) is 7.86. The summed E-state index contributed by atoms with van der Waals surface area (Å²) in [6.07, 6.45) is 0. The number of nitrogens with two attached hydrogens (primary N) is 1. The minimum Gasteiger partial charge on any atom is -0.497 e. The van der Waals surface area contributed by atoms with Gasteiger partial charge >= 0.3 is 0 Å². The van der Waals surface area contributed by atoms with E-state index in [9.17, 15) is 5.26 Å². The number of anilines is 1. The highest BCUT2D eigenvalue weighted by atomic mass is 35.5. The zero-order valence-corrected chi connectivity index (χ0v) is 14.3. The third-order valence-corrected chi connectivity index (χ3v) is 3.95. The van der Waals surface area contributed by atoms with Crippen LogP contribution < -0.4 is 15.2 Å². The van der Waals surface area contributed by atoms with Crippen molar-refractivity contribution < 1.29 is 9.47 Å². The van der Waals surface area contributed by atoms with E-state index in [1.165, 1.54) is 0 Å². The van der Waals surface area contributed by atoms with E-state index in [-0.39, 0.29) is 0 Å². The van der Waals surface area contributed by atoms with Gasteiger partial charge in [0.25, 0.3) is 0 Å². The van der Waals surface area contributed by atoms with Gasteiger partial charge in [-0.05, 0) is 29.8 Å². The Kier molecular flexibility index (Phi) is 4.82. The fourth-order valence-corrected chi connectivity index (χ4v) is 2.59. The van der Waals surface area contributed by atoms with Crippen LogP contribution >= 0.6 is 11.6 Å². The smallest absolute Gasteiger partial charge is 0.224 e. The Balaban J connectivity index is 1.97. The highest BCUT2D eigenvalue weighted by Crippen LogP contribution is 2.33. The Morgan fingerprint density at radius 1 is 1.12 bits per heavy atom. The number of nitrogen functional groups attached to an aromatic ring is 1. The third-order valence-electron chi connectivity index (χ3n) is 3.70. The lowest BCUT2D eigenvalue weighted by atomic mass is 10.2. The number of nitriles is 1. The van der Waals surface area contributed by atoms with Gasteiger partial charge in [-0.15, -0.1) is 0 Å². The maximum Gasteiger partial charge on any atom is 0.224 e. The van der Waals surface area contributed by atoms with Crippen LogP contribution in [-0.2, 0) is 6.54 Å². The first-order valence-electron chi connectivity index (χ1n) is 7.56. The molecule has 0 amide bonds. The molecule has 1 heterocycles. The molecule has 1 aromatic heterocycles. The van der Waals surface area contributed by atoms with Crippen molar-refractivity contribution in [2.24, 2.45) is 0 Å². The highest BCUT2D eigenvalue weighted by molar-refractivity contribution is 6.30. The molecule has 0 aliphatic carbocycles. The summed E-state index contributed by atoms with van der Waals surface area (Å²) in [6.45, 7) is 0.441. The number of methoxy groups -OCH3 is 1. The molecule has 0 radical (unpaired) electrons. The van der Waals surface area contributed by atoms with E-state index in [4.69, 9.17) is 26.8 Å². The summed E-state index contributed by atoms with van der Waals surface area (Å²) < 4.78 is 12.9. The monoisotopic (exact) mass is 353 g/mol. The normalized spacial score (nSPS) is 10.3. The maximum atomic E-state index is 9.40. The van der Waals surface area contributed by atoms with Crippen LogP contribution in [0.5, 0.6) is 17.4 Å². The van der Waals surface area contributed by atoms with E-state index >= 15 is 0 Å². The second-order valence-corrected chi connectivity index (χ2v) is 5.83. The Hall–Kier alpha value is -3.10. The van der Waals surface area contributed by atoms with Crippen LogP contribution in [0.1, 0.15) is 11.3 Å². The van der Waals surface area contributed by atoms with Gasteiger partial charge in [-0.1, -0.05) is 29.8 Å². The van der Waals surface area contributed by atoms with Gasteiger partial charge in [0.1, 0.15) is 23.3 Å². The Morgan fingerprint density at radius 2 is 1.84 bits per heavy atom. The molecule has 6 heteroatoms. The fraction of sp³-hybridized carbons (Fsp3) is 0.105. The molecule has 0 aliphatic heterocycles. The van der Waals surface area contributed by atoms with E-state index < -0.39 is 0 Å². The van der Waals surface area contributed by atoms with E-state index in [0.717, 1.165) is 5.56 Å². The molecule has 25 heavy (non-hydrogen) atoms. The molecule has 126 valence electrons. The second kappa shape index (κ2) is 7.20. The number of halogens is 1. The molecular formula is C19H16ClN3O2. The van der Waals surface area contributed by atoms with Gasteiger partial charge < -0.3 is 15.2 Å². The summed E-state index contributed by atoms with van der Waals surface area (Å²) in [6, 6.07) is 18.4. The molecule has 0 fully saturated rings. The molecule has 0 atom stereocenters. The summed E-state index contributed by atoms with van der Waals surface area (Å²) in [5.74, 6) is 1.66. The largest absolute Gasteiger partial charge is 0.497 e. The molecule has 0 unspecified atom stereocenters. The van der Waals surface area contributed by atoms with Gasteiger partial charge in [0.05, 0.1) is 19.3 Å². The average Bonchev–Trinajstić information content (AvgIpc) is 2.92. The molecule has 2 N–H and O–H groups in total. The molecule has 3 rings (SSSR count). The van der Waals surface area contributed by atoms with Crippen molar-refractivity contribution in [1.82, 2.24) is 4.57 Å². The quantitative estimate of drug-likeness (QED) is 0.735. The molecule has 0 spiro atoms. The number of nitrogens with zero attached hydrogens (tertiary/aromatic N) is 2. The lowest BCUT2D eigenvalue weighted by Gasteiger charge is -2.13. The van der Waals surface area contributed by atoms with Crippen LogP contribution in [0.4, 0.5) is 5.69 Å². The zero-order valence-electron chi connectivity index (χ0n) is 13.6. The number of aromatic nitrogens is 1. The predicted molar refractivity (Wildman–Crippen MR) is 97.2 cm³/mol. The number of hydrogen-bond donors (Lipinski definition) is 1. The standard InChI is InChI=1S/C19H16ClN3O2/c1-24-16-3-2-4-17(10-16)25-19-18(22)9-15(11-21)23(19)12-13-5-7-14(20)8-6-13/h2-10H,12,22H2,1H3. The van der Waals surface area contributed by atoms with Crippen LogP contribution in [0, 0.1) is 11.3 Å². The Bertz CT molecular complexity index is 927. The van der Waals surface area contributed by atoms with Crippen molar-refractivity contribution in [3.63, 3.8) is 0 Å². The van der Waals surface area contributed by atoms with Crippen LogP contribution in [0.15, 0.2) is 54.6 Å². The third kappa shape index (κ3) is 3.70. The highest BCUT2D eigenvalue weighted by Gasteiger charge is 2.16. The number of rotatable bonds is 5. The predicted octanol–water partition coefficient (Wildman–Crippen LogP) is 4.44. The number of ether oxygens (including phenoxy) is 2. The molecule has 5 nitrogen and oxygen atoms in total. The van der Waals surface area contributed by atoms with Crippen molar-refractivity contribution in [2.75, 3.05) is 12.8 Å². The summed E-state index contributed by atoms with van der Waals surface area (Å²) >= 11 is 5.93. The van der Waals surface area contributed by atoms with Crippen molar-refractivity contribution in [3.8, 4) is 23.4 Å². The van der Waals surface area contributed by atoms with Gasteiger partial charge in [-0.25, -0.2) is 0 Å². The fourth-order valence-electron chi connectivity index (χ4n) is 2.46. The van der Waals surface area contributed by atoms with E-state index in [1.807, 2.05) is 24.3 Å². The van der Waals surface area contributed by atoms with E-state index in [0.29, 0.717) is 40.3 Å². The van der Waals surface area contributed by atoms with Crippen LogP contribution in [-0.4, -0.2) is 11.7 Å². The second-order valence-electron chi connectivity index (χ2n) is 5.40. The summed E-state index contributed by atoms with van der Waals surface area (Å²) in [4.78, 5) is 0. The molecule has 0 saturated heterocycles. The van der Waals surface area contributed by atoms with Gasteiger partial charge in [0.15, 0.2) is 0 Å². The van der Waals surface area contributed by atoms with Gasteiger partial charge in [-0.2, -0.15) is 5.26 Å². The Labute approximate surface area is 150 Å². The maximum absolute atomic E-state index is 9.40. The zero-order chi connectivity index (χ0) is 17.8. The molecule has 0 saturated carbocycles. The SMILES string of the molecule is COc1cccc(Oc2c(N)cc(C#N)n2Cc2ccc(Cl)cc2)c1. The van der Waals surface area contributed by atoms with Gasteiger partial charge in [0.2, 0.25) is 5.88 Å². The summed E-state index contributed by atoms with van der Waals surface area (Å²) in [5, 5.41) is 10.1. The molecule has 0 bridgehead atoms. The lowest BCUT2D eigenvalue weighted by Crippen LogP contribution is -2.05. The number of hydrogen-bond acceptors (Lipinski definition) is 4.